The average Bonchev–Trinajstić information content (AvgIpc) is 2.52. The van der Waals surface area contributed by atoms with Gasteiger partial charge in [-0.2, -0.15) is 0 Å². The van der Waals surface area contributed by atoms with Crippen molar-refractivity contribution in [2.75, 3.05) is 30.6 Å². The van der Waals surface area contributed by atoms with Crippen molar-refractivity contribution in [3.63, 3.8) is 0 Å². The number of nitrogens with one attached hydrogen (secondary N) is 2. The van der Waals surface area contributed by atoms with E-state index in [0.717, 1.165) is 0 Å². The summed E-state index contributed by atoms with van der Waals surface area (Å²) in [5, 5.41) is 7.13. The third kappa shape index (κ3) is 4.10. The molecule has 0 saturated carbocycles. The third-order valence-corrected chi connectivity index (χ3v) is 3.92. The molecule has 0 amide bonds. The highest BCUT2D eigenvalue weighted by atomic mass is 35.5. The van der Waals surface area contributed by atoms with Gasteiger partial charge in [-0.05, 0) is 30.4 Å². The van der Waals surface area contributed by atoms with Crippen molar-refractivity contribution in [3.8, 4) is 11.5 Å². The van der Waals surface area contributed by atoms with E-state index in [0.29, 0.717) is 43.7 Å². The second-order valence-electron chi connectivity index (χ2n) is 4.47. The van der Waals surface area contributed by atoms with Crippen LogP contribution in [0.25, 0.3) is 0 Å². The van der Waals surface area contributed by atoms with Gasteiger partial charge in [-0.15, -0.1) is 0 Å². The molecule has 2 aromatic carbocycles. The summed E-state index contributed by atoms with van der Waals surface area (Å²) in [4.78, 5) is 0. The Morgan fingerprint density at radius 1 is 1.04 bits per heavy atom. The molecule has 0 fully saturated rings. The lowest BCUT2D eigenvalue weighted by Crippen LogP contribution is -2.20. The van der Waals surface area contributed by atoms with Crippen LogP contribution in [0.5, 0.6) is 11.5 Å². The van der Waals surface area contributed by atoms with Crippen molar-refractivity contribution in [1.82, 2.24) is 0 Å². The van der Waals surface area contributed by atoms with E-state index >= 15 is 0 Å². The first kappa shape index (κ1) is 17.5. The van der Waals surface area contributed by atoms with E-state index in [4.69, 9.17) is 50.6 Å². The molecule has 0 atom stereocenters. The Balaban J connectivity index is 2.20. The summed E-state index contributed by atoms with van der Waals surface area (Å²) in [7, 11) is 3.07. The molecule has 0 spiro atoms. The number of anilines is 3. The standard InChI is InChI=1S/C15H15Cl2N3O2S/c1-21-12-7-13(22-2)11(6-8(12)16)20-15(23)19-10-5-3-4-9(18)14(10)17/h3-7H,18H2,1-2H3,(H2,19,20,23). The van der Waals surface area contributed by atoms with Crippen LogP contribution in [0.3, 0.4) is 0 Å². The Kier molecular flexibility index (Phi) is 5.76. The Bertz CT molecular complexity index is 741. The van der Waals surface area contributed by atoms with E-state index in [-0.39, 0.29) is 0 Å². The molecule has 8 heteroatoms. The van der Waals surface area contributed by atoms with Crippen LogP contribution in [0.2, 0.25) is 10.0 Å². The number of halogens is 2. The molecule has 0 aliphatic rings. The number of nitrogen functional groups attached to an aromatic ring is 1. The molecule has 4 N–H and O–H groups in total. The van der Waals surface area contributed by atoms with Crippen molar-refractivity contribution in [2.24, 2.45) is 0 Å². The highest BCUT2D eigenvalue weighted by Gasteiger charge is 2.12. The first-order valence-electron chi connectivity index (χ1n) is 6.49. The predicted molar refractivity (Wildman–Crippen MR) is 100 cm³/mol. The van der Waals surface area contributed by atoms with E-state index in [9.17, 15) is 0 Å². The number of methoxy groups -OCH3 is 2. The minimum Gasteiger partial charge on any atom is -0.495 e. The molecule has 23 heavy (non-hydrogen) atoms. The van der Waals surface area contributed by atoms with E-state index in [2.05, 4.69) is 10.6 Å². The van der Waals surface area contributed by atoms with Gasteiger partial charge in [0.05, 0.1) is 41.3 Å². The molecule has 5 nitrogen and oxygen atoms in total. The maximum atomic E-state index is 6.13. The molecular weight excluding hydrogens is 357 g/mol. The zero-order valence-corrected chi connectivity index (χ0v) is 14.8. The van der Waals surface area contributed by atoms with E-state index in [1.54, 1.807) is 37.4 Å². The summed E-state index contributed by atoms with van der Waals surface area (Å²) in [5.41, 5.74) is 7.42. The largest absolute Gasteiger partial charge is 0.495 e. The topological polar surface area (TPSA) is 68.5 Å². The molecular formula is C15H15Cl2N3O2S. The Morgan fingerprint density at radius 3 is 2.35 bits per heavy atom. The minimum atomic E-state index is 0.317. The zero-order chi connectivity index (χ0) is 17.0. The molecule has 0 saturated heterocycles. The Morgan fingerprint density at radius 2 is 1.70 bits per heavy atom. The molecule has 122 valence electrons. The van der Waals surface area contributed by atoms with Gasteiger partial charge in [0, 0.05) is 6.07 Å². The van der Waals surface area contributed by atoms with Gasteiger partial charge in [-0.25, -0.2) is 0 Å². The second kappa shape index (κ2) is 7.59. The van der Waals surface area contributed by atoms with Gasteiger partial charge >= 0.3 is 0 Å². The van der Waals surface area contributed by atoms with Crippen LogP contribution in [0.15, 0.2) is 30.3 Å². The smallest absolute Gasteiger partial charge is 0.175 e. The van der Waals surface area contributed by atoms with Crippen LogP contribution in [-0.4, -0.2) is 19.3 Å². The number of nitrogens with two attached hydrogens (primary N) is 1. The average molecular weight is 372 g/mol. The number of hydrogen-bond donors (Lipinski definition) is 3. The summed E-state index contributed by atoms with van der Waals surface area (Å²) >= 11 is 17.5. The molecule has 2 aromatic rings. The Hall–Kier alpha value is -1.89. The van der Waals surface area contributed by atoms with Gasteiger partial charge < -0.3 is 25.8 Å². The van der Waals surface area contributed by atoms with Crippen LogP contribution >= 0.6 is 35.4 Å². The van der Waals surface area contributed by atoms with Crippen LogP contribution < -0.4 is 25.8 Å². The first-order chi connectivity index (χ1) is 11.0. The van der Waals surface area contributed by atoms with Crippen LogP contribution in [0.4, 0.5) is 17.1 Å². The van der Waals surface area contributed by atoms with Crippen molar-refractivity contribution < 1.29 is 9.47 Å². The molecule has 0 heterocycles. The maximum absolute atomic E-state index is 6.13. The summed E-state index contributed by atoms with van der Waals surface area (Å²) < 4.78 is 10.5. The zero-order valence-electron chi connectivity index (χ0n) is 12.4. The van der Waals surface area contributed by atoms with Gasteiger partial charge in [0.1, 0.15) is 11.5 Å². The summed E-state index contributed by atoms with van der Waals surface area (Å²) in [6.07, 6.45) is 0. The van der Waals surface area contributed by atoms with Gasteiger partial charge in [0.15, 0.2) is 5.11 Å². The van der Waals surface area contributed by atoms with Gasteiger partial charge in [-0.3, -0.25) is 0 Å². The summed E-state index contributed by atoms with van der Waals surface area (Å²) in [5.74, 6) is 1.04. The normalized spacial score (nSPS) is 10.1. The van der Waals surface area contributed by atoms with Crippen molar-refractivity contribution in [3.05, 3.63) is 40.4 Å². The monoisotopic (exact) mass is 371 g/mol. The van der Waals surface area contributed by atoms with E-state index in [1.807, 2.05) is 0 Å². The number of ether oxygens (including phenoxy) is 2. The number of benzene rings is 2. The molecule has 0 aliphatic heterocycles. The van der Waals surface area contributed by atoms with E-state index < -0.39 is 0 Å². The molecule has 0 radical (unpaired) electrons. The predicted octanol–water partition coefficient (Wildman–Crippen LogP) is 4.40. The minimum absolute atomic E-state index is 0.317. The highest BCUT2D eigenvalue weighted by Crippen LogP contribution is 2.36. The molecule has 0 bridgehead atoms. The molecule has 0 unspecified atom stereocenters. The van der Waals surface area contributed by atoms with Crippen molar-refractivity contribution in [2.45, 2.75) is 0 Å². The van der Waals surface area contributed by atoms with Crippen molar-refractivity contribution >= 4 is 57.6 Å². The fraction of sp³-hybridized carbons (Fsp3) is 0.133. The Labute approximate surface area is 149 Å². The molecule has 0 aromatic heterocycles. The summed E-state index contributed by atoms with van der Waals surface area (Å²) in [6.45, 7) is 0. The van der Waals surface area contributed by atoms with Gasteiger partial charge in [0.25, 0.3) is 0 Å². The first-order valence-corrected chi connectivity index (χ1v) is 7.66. The lowest BCUT2D eigenvalue weighted by Gasteiger charge is -2.16. The van der Waals surface area contributed by atoms with Crippen LogP contribution in [0.1, 0.15) is 0 Å². The lowest BCUT2D eigenvalue weighted by molar-refractivity contribution is 0.396. The fourth-order valence-corrected chi connectivity index (χ4v) is 2.51. The summed E-state index contributed by atoms with van der Waals surface area (Å²) in [6, 6.07) is 8.58. The number of thiocarbonyl (C=S) groups is 1. The second-order valence-corrected chi connectivity index (χ2v) is 5.67. The SMILES string of the molecule is COc1cc(OC)c(NC(=S)Nc2cccc(N)c2Cl)cc1Cl. The van der Waals surface area contributed by atoms with Crippen molar-refractivity contribution in [1.29, 1.82) is 0 Å². The quantitative estimate of drug-likeness (QED) is 0.546. The fourth-order valence-electron chi connectivity index (χ4n) is 1.88. The number of hydrogen-bond acceptors (Lipinski definition) is 4. The molecule has 2 rings (SSSR count). The maximum Gasteiger partial charge on any atom is 0.175 e. The lowest BCUT2D eigenvalue weighted by atomic mass is 10.2. The van der Waals surface area contributed by atoms with Crippen LogP contribution in [-0.2, 0) is 0 Å². The molecule has 0 aliphatic carbocycles. The van der Waals surface area contributed by atoms with Gasteiger partial charge in [0.2, 0.25) is 0 Å². The third-order valence-electron chi connectivity index (χ3n) is 3.00. The van der Waals surface area contributed by atoms with E-state index in [1.165, 1.54) is 7.11 Å². The number of rotatable bonds is 4. The van der Waals surface area contributed by atoms with Crippen LogP contribution in [0, 0.1) is 0 Å². The van der Waals surface area contributed by atoms with Gasteiger partial charge in [-0.1, -0.05) is 29.3 Å². The highest BCUT2D eigenvalue weighted by molar-refractivity contribution is 7.80.